The first-order valence-electron chi connectivity index (χ1n) is 3.55. The summed E-state index contributed by atoms with van der Waals surface area (Å²) >= 11 is 5.34. The molecule has 0 aliphatic rings. The standard InChI is InChI=1S/C7H3ClF2N2O3/c8-5-4(6(9)10)3(2-13)1-11-7(5)12(14)15/h1-2,6H. The molecule has 0 fully saturated rings. The molecule has 15 heavy (non-hydrogen) atoms. The fourth-order valence-electron chi connectivity index (χ4n) is 0.947. The van der Waals surface area contributed by atoms with Crippen LogP contribution in [0, 0.1) is 10.1 Å². The third-order valence-electron chi connectivity index (χ3n) is 1.59. The Morgan fingerprint density at radius 3 is 2.60 bits per heavy atom. The zero-order valence-corrected chi connectivity index (χ0v) is 7.74. The quantitative estimate of drug-likeness (QED) is 0.459. The molecule has 0 radical (unpaired) electrons. The summed E-state index contributed by atoms with van der Waals surface area (Å²) in [5.74, 6) is -0.891. The first kappa shape index (κ1) is 11.4. The van der Waals surface area contributed by atoms with E-state index in [2.05, 4.69) is 4.98 Å². The molecule has 0 saturated heterocycles. The van der Waals surface area contributed by atoms with Crippen LogP contribution in [0.3, 0.4) is 0 Å². The monoisotopic (exact) mass is 236 g/mol. The summed E-state index contributed by atoms with van der Waals surface area (Å²) in [5, 5.41) is 9.52. The van der Waals surface area contributed by atoms with E-state index in [-0.39, 0.29) is 6.29 Å². The first-order chi connectivity index (χ1) is 6.99. The number of hydrogen-bond acceptors (Lipinski definition) is 4. The fraction of sp³-hybridized carbons (Fsp3) is 0.143. The number of aldehydes is 1. The van der Waals surface area contributed by atoms with Crippen molar-refractivity contribution in [3.63, 3.8) is 0 Å². The van der Waals surface area contributed by atoms with Gasteiger partial charge in [0.25, 0.3) is 6.43 Å². The van der Waals surface area contributed by atoms with Crippen LogP contribution in [-0.4, -0.2) is 16.2 Å². The van der Waals surface area contributed by atoms with Crippen molar-refractivity contribution in [3.05, 3.63) is 32.5 Å². The van der Waals surface area contributed by atoms with E-state index in [1.165, 1.54) is 0 Å². The number of carbonyl (C=O) groups is 1. The van der Waals surface area contributed by atoms with Crippen LogP contribution in [0.1, 0.15) is 22.3 Å². The van der Waals surface area contributed by atoms with Crippen LogP contribution < -0.4 is 0 Å². The van der Waals surface area contributed by atoms with Crippen LogP contribution in [0.25, 0.3) is 0 Å². The van der Waals surface area contributed by atoms with Crippen LogP contribution in [-0.2, 0) is 0 Å². The highest BCUT2D eigenvalue weighted by Crippen LogP contribution is 2.34. The van der Waals surface area contributed by atoms with Crippen LogP contribution >= 0.6 is 11.6 Å². The second-order valence-corrected chi connectivity index (χ2v) is 2.82. The molecule has 80 valence electrons. The lowest BCUT2D eigenvalue weighted by atomic mass is 10.1. The highest BCUT2D eigenvalue weighted by molar-refractivity contribution is 6.33. The number of hydrogen-bond donors (Lipinski definition) is 0. The highest BCUT2D eigenvalue weighted by atomic mass is 35.5. The van der Waals surface area contributed by atoms with Crippen LogP contribution in [0.15, 0.2) is 6.20 Å². The van der Waals surface area contributed by atoms with E-state index in [9.17, 15) is 23.7 Å². The molecule has 0 atom stereocenters. The zero-order valence-electron chi connectivity index (χ0n) is 6.99. The van der Waals surface area contributed by atoms with Gasteiger partial charge in [-0.05, 0) is 9.91 Å². The third kappa shape index (κ3) is 2.07. The van der Waals surface area contributed by atoms with E-state index in [0.29, 0.717) is 6.20 Å². The van der Waals surface area contributed by atoms with Crippen molar-refractivity contribution in [1.29, 1.82) is 0 Å². The number of halogens is 3. The molecule has 0 aromatic carbocycles. The average molecular weight is 237 g/mol. The number of pyridine rings is 1. The minimum atomic E-state index is -3.07. The Kier molecular flexibility index (Phi) is 3.25. The number of carbonyl (C=O) groups excluding carboxylic acids is 1. The van der Waals surface area contributed by atoms with Crippen molar-refractivity contribution in [2.24, 2.45) is 0 Å². The number of nitrogens with zero attached hydrogens (tertiary/aromatic N) is 2. The summed E-state index contributed by atoms with van der Waals surface area (Å²) in [5.41, 5.74) is -1.33. The summed E-state index contributed by atoms with van der Waals surface area (Å²) in [7, 11) is 0. The van der Waals surface area contributed by atoms with Gasteiger partial charge in [-0.15, -0.1) is 0 Å². The fourth-order valence-corrected chi connectivity index (χ4v) is 1.26. The van der Waals surface area contributed by atoms with E-state index in [1.807, 2.05) is 0 Å². The van der Waals surface area contributed by atoms with Gasteiger partial charge in [0.15, 0.2) is 12.5 Å². The van der Waals surface area contributed by atoms with Crippen molar-refractivity contribution < 1.29 is 18.5 Å². The average Bonchev–Trinajstić information content (AvgIpc) is 2.15. The predicted octanol–water partition coefficient (Wildman–Crippen LogP) is 2.39. The molecule has 0 N–H and O–H groups in total. The SMILES string of the molecule is O=Cc1cnc([N+](=O)[O-])c(Cl)c1C(F)F. The van der Waals surface area contributed by atoms with Gasteiger partial charge in [0.1, 0.15) is 5.02 Å². The van der Waals surface area contributed by atoms with Gasteiger partial charge in [-0.1, -0.05) is 11.6 Å². The van der Waals surface area contributed by atoms with Crippen molar-refractivity contribution >= 4 is 23.7 Å². The molecule has 0 aliphatic carbocycles. The molecular weight excluding hydrogens is 234 g/mol. The minimum absolute atomic E-state index is 0.115. The summed E-state index contributed by atoms with van der Waals surface area (Å²) < 4.78 is 24.9. The number of alkyl halides is 2. The lowest BCUT2D eigenvalue weighted by Crippen LogP contribution is -2.01. The number of nitro groups is 1. The Balaban J connectivity index is 3.49. The van der Waals surface area contributed by atoms with E-state index in [4.69, 9.17) is 11.6 Å². The van der Waals surface area contributed by atoms with Crippen molar-refractivity contribution in [2.45, 2.75) is 6.43 Å². The van der Waals surface area contributed by atoms with Crippen molar-refractivity contribution in [2.75, 3.05) is 0 Å². The van der Waals surface area contributed by atoms with Gasteiger partial charge in [0.05, 0.1) is 11.1 Å². The summed E-state index contributed by atoms with van der Waals surface area (Å²) in [4.78, 5) is 22.9. The van der Waals surface area contributed by atoms with Gasteiger partial charge < -0.3 is 10.1 Å². The van der Waals surface area contributed by atoms with Crippen molar-refractivity contribution in [1.82, 2.24) is 4.98 Å². The molecule has 0 spiro atoms. The molecule has 1 rings (SSSR count). The molecule has 0 amide bonds. The molecule has 0 bridgehead atoms. The van der Waals surface area contributed by atoms with E-state index >= 15 is 0 Å². The molecule has 0 unspecified atom stereocenters. The Labute approximate surface area is 86.8 Å². The molecule has 0 aliphatic heterocycles. The van der Waals surface area contributed by atoms with E-state index < -0.39 is 33.3 Å². The lowest BCUT2D eigenvalue weighted by Gasteiger charge is -2.04. The van der Waals surface area contributed by atoms with Gasteiger partial charge >= 0.3 is 5.82 Å². The molecular formula is C7H3ClF2N2O3. The summed E-state index contributed by atoms with van der Waals surface area (Å²) in [6.07, 6.45) is -2.26. The lowest BCUT2D eigenvalue weighted by molar-refractivity contribution is -0.389. The molecule has 1 heterocycles. The molecule has 5 nitrogen and oxygen atoms in total. The van der Waals surface area contributed by atoms with Gasteiger partial charge in [-0.3, -0.25) is 4.79 Å². The first-order valence-corrected chi connectivity index (χ1v) is 3.93. The van der Waals surface area contributed by atoms with Crippen LogP contribution in [0.5, 0.6) is 0 Å². The van der Waals surface area contributed by atoms with Crippen LogP contribution in [0.2, 0.25) is 5.02 Å². The van der Waals surface area contributed by atoms with E-state index in [1.54, 1.807) is 0 Å². The van der Waals surface area contributed by atoms with Gasteiger partial charge in [-0.25, -0.2) is 8.78 Å². The maximum absolute atomic E-state index is 12.4. The number of aromatic nitrogens is 1. The van der Waals surface area contributed by atoms with Gasteiger partial charge in [-0.2, -0.15) is 0 Å². The van der Waals surface area contributed by atoms with Gasteiger partial charge in [0, 0.05) is 0 Å². The number of rotatable bonds is 3. The Bertz CT molecular complexity index is 425. The summed E-state index contributed by atoms with van der Waals surface area (Å²) in [6.45, 7) is 0. The van der Waals surface area contributed by atoms with Crippen LogP contribution in [0.4, 0.5) is 14.6 Å². The second-order valence-electron chi connectivity index (χ2n) is 2.44. The largest absolute Gasteiger partial charge is 0.382 e. The predicted molar refractivity (Wildman–Crippen MR) is 46.2 cm³/mol. The Hall–Kier alpha value is -1.63. The molecule has 0 saturated carbocycles. The maximum atomic E-state index is 12.4. The van der Waals surface area contributed by atoms with Gasteiger partial charge in [0.2, 0.25) is 0 Å². The molecule has 1 aromatic rings. The summed E-state index contributed by atoms with van der Waals surface area (Å²) in [6, 6.07) is 0. The Morgan fingerprint density at radius 2 is 2.20 bits per heavy atom. The minimum Gasteiger partial charge on any atom is -0.358 e. The smallest absolute Gasteiger partial charge is 0.358 e. The third-order valence-corrected chi connectivity index (χ3v) is 1.96. The van der Waals surface area contributed by atoms with Crippen molar-refractivity contribution in [3.8, 4) is 0 Å². The molecule has 1 aromatic heterocycles. The highest BCUT2D eigenvalue weighted by Gasteiger charge is 2.26. The van der Waals surface area contributed by atoms with E-state index in [0.717, 1.165) is 0 Å². The zero-order chi connectivity index (χ0) is 11.6. The Morgan fingerprint density at radius 1 is 1.60 bits per heavy atom. The maximum Gasteiger partial charge on any atom is 0.382 e. The second kappa shape index (κ2) is 4.26. The topological polar surface area (TPSA) is 73.1 Å². The normalized spacial score (nSPS) is 10.4. The molecule has 8 heteroatoms.